The lowest BCUT2D eigenvalue weighted by molar-refractivity contribution is -0.142. The molecule has 0 unspecified atom stereocenters. The van der Waals surface area contributed by atoms with E-state index in [0.717, 1.165) is 12.0 Å². The molecule has 3 heterocycles. The van der Waals surface area contributed by atoms with Crippen molar-refractivity contribution in [1.82, 2.24) is 10.2 Å². The summed E-state index contributed by atoms with van der Waals surface area (Å²) in [5.74, 6) is -2.23. The van der Waals surface area contributed by atoms with Crippen molar-refractivity contribution in [3.05, 3.63) is 58.6 Å². The Morgan fingerprint density at radius 1 is 1.09 bits per heavy atom. The summed E-state index contributed by atoms with van der Waals surface area (Å²) < 4.78 is 0. The minimum atomic E-state index is -1.35. The average Bonchev–Trinajstić information content (AvgIpc) is 3.34. The van der Waals surface area contributed by atoms with Crippen LogP contribution >= 0.6 is 11.6 Å². The van der Waals surface area contributed by atoms with Crippen molar-refractivity contribution in [2.45, 2.75) is 37.8 Å². The van der Waals surface area contributed by atoms with E-state index in [9.17, 15) is 19.5 Å². The molecule has 2 fully saturated rings. The number of carbonyl (C=O) groups is 3. The van der Waals surface area contributed by atoms with Crippen molar-refractivity contribution in [3.8, 4) is 5.75 Å². The molecule has 1 spiro atoms. The van der Waals surface area contributed by atoms with E-state index in [1.807, 2.05) is 6.92 Å². The van der Waals surface area contributed by atoms with Crippen molar-refractivity contribution in [1.29, 1.82) is 0 Å². The number of nitrogens with one attached hydrogen (secondary N) is 2. The largest absolute Gasteiger partial charge is 0.508 e. The summed E-state index contributed by atoms with van der Waals surface area (Å²) in [6.07, 6.45) is 2.01. The second kappa shape index (κ2) is 7.60. The predicted molar refractivity (Wildman–Crippen MR) is 119 cm³/mol. The molecule has 7 nitrogen and oxygen atoms in total. The number of benzene rings is 2. The zero-order valence-electron chi connectivity index (χ0n) is 17.6. The number of halogens is 1. The number of amides is 3. The summed E-state index contributed by atoms with van der Waals surface area (Å²) in [5, 5.41) is 16.4. The summed E-state index contributed by atoms with van der Waals surface area (Å²) in [6, 6.07) is 11.4. The summed E-state index contributed by atoms with van der Waals surface area (Å²) in [5.41, 5.74) is 0.758. The Balaban J connectivity index is 1.61. The zero-order chi connectivity index (χ0) is 22.6. The molecule has 2 aromatic carbocycles. The number of nitrogens with zero attached hydrogens (tertiary/aromatic N) is 1. The molecule has 2 aromatic rings. The normalized spacial score (nSPS) is 28.4. The minimum absolute atomic E-state index is 0.152. The van der Waals surface area contributed by atoms with E-state index in [4.69, 9.17) is 11.6 Å². The number of hydrogen-bond acceptors (Lipinski definition) is 5. The highest BCUT2D eigenvalue weighted by molar-refractivity contribution is 6.31. The third kappa shape index (κ3) is 2.95. The van der Waals surface area contributed by atoms with Crippen molar-refractivity contribution in [3.63, 3.8) is 0 Å². The number of likely N-dealkylation sites (tertiary alicyclic amines) is 1. The number of aromatic hydroxyl groups is 1. The number of phenolic OH excluding ortho intramolecular Hbond substituents is 1. The number of hydrogen-bond donors (Lipinski definition) is 3. The van der Waals surface area contributed by atoms with E-state index < -0.39 is 23.4 Å². The molecule has 3 N–H and O–H groups in total. The van der Waals surface area contributed by atoms with Gasteiger partial charge in [-0.15, -0.1) is 0 Å². The second-order valence-corrected chi connectivity index (χ2v) is 9.20. The maximum absolute atomic E-state index is 13.6. The van der Waals surface area contributed by atoms with Gasteiger partial charge in [0.15, 0.2) is 0 Å². The molecular weight excluding hydrogens is 430 g/mol. The van der Waals surface area contributed by atoms with Crippen molar-refractivity contribution in [2.24, 2.45) is 11.8 Å². The molecule has 32 heavy (non-hydrogen) atoms. The van der Waals surface area contributed by atoms with Crippen LogP contribution in [0.3, 0.4) is 0 Å². The Morgan fingerprint density at radius 2 is 1.84 bits per heavy atom. The molecule has 5 rings (SSSR count). The van der Waals surface area contributed by atoms with Crippen molar-refractivity contribution in [2.75, 3.05) is 11.9 Å². The molecule has 0 saturated carbocycles. The van der Waals surface area contributed by atoms with E-state index >= 15 is 0 Å². The highest BCUT2D eigenvalue weighted by Crippen LogP contribution is 2.53. The number of carbonyl (C=O) groups excluding carboxylic acids is 3. The fraction of sp³-hybridized carbons (Fsp3) is 0.375. The minimum Gasteiger partial charge on any atom is -0.508 e. The quantitative estimate of drug-likeness (QED) is 0.605. The molecular formula is C24H24ClN3O4. The van der Waals surface area contributed by atoms with Gasteiger partial charge < -0.3 is 10.4 Å². The monoisotopic (exact) mass is 453 g/mol. The van der Waals surface area contributed by atoms with Gasteiger partial charge in [-0.2, -0.15) is 0 Å². The Labute approximate surface area is 190 Å². The highest BCUT2D eigenvalue weighted by atomic mass is 35.5. The van der Waals surface area contributed by atoms with Crippen LogP contribution in [0.5, 0.6) is 5.75 Å². The van der Waals surface area contributed by atoms with Crippen LogP contribution in [0.25, 0.3) is 0 Å². The van der Waals surface area contributed by atoms with Gasteiger partial charge in [-0.05, 0) is 48.7 Å². The second-order valence-electron chi connectivity index (χ2n) is 8.76. The van der Waals surface area contributed by atoms with Crippen LogP contribution in [-0.4, -0.2) is 40.3 Å². The first-order valence-corrected chi connectivity index (χ1v) is 11.3. The van der Waals surface area contributed by atoms with Gasteiger partial charge in [-0.1, -0.05) is 37.1 Å². The molecule has 4 atom stereocenters. The first kappa shape index (κ1) is 21.0. The van der Waals surface area contributed by atoms with Crippen LogP contribution in [0.1, 0.15) is 30.9 Å². The lowest BCUT2D eigenvalue weighted by atomic mass is 9.76. The third-order valence-electron chi connectivity index (χ3n) is 6.90. The molecule has 166 valence electrons. The number of fused-ring (bicyclic) bond motifs is 4. The van der Waals surface area contributed by atoms with Gasteiger partial charge in [0.1, 0.15) is 11.3 Å². The molecule has 0 aliphatic carbocycles. The number of imide groups is 1. The van der Waals surface area contributed by atoms with E-state index in [0.29, 0.717) is 35.7 Å². The third-order valence-corrected chi connectivity index (χ3v) is 7.13. The van der Waals surface area contributed by atoms with E-state index in [1.165, 1.54) is 4.90 Å². The van der Waals surface area contributed by atoms with Crippen LogP contribution in [0.15, 0.2) is 42.5 Å². The first-order valence-electron chi connectivity index (χ1n) is 10.9. The number of phenols is 1. The Bertz CT molecular complexity index is 1120. The van der Waals surface area contributed by atoms with E-state index in [2.05, 4.69) is 10.6 Å². The molecule has 3 amide bonds. The van der Waals surface area contributed by atoms with Gasteiger partial charge in [0.25, 0.3) is 0 Å². The molecule has 8 heteroatoms. The first-order chi connectivity index (χ1) is 15.4. The van der Waals surface area contributed by atoms with Gasteiger partial charge in [0.05, 0.1) is 11.8 Å². The average molecular weight is 454 g/mol. The van der Waals surface area contributed by atoms with Gasteiger partial charge in [-0.3, -0.25) is 24.6 Å². The topological polar surface area (TPSA) is 98.7 Å². The van der Waals surface area contributed by atoms with E-state index in [1.54, 1.807) is 42.5 Å². The number of unbranched alkanes of at least 4 members (excludes halogenated alkanes) is 1. The Morgan fingerprint density at radius 3 is 2.56 bits per heavy atom. The standard InChI is InChI=1S/C24H24ClN3O4/c1-2-3-10-28-21(30)19-18(11-13-4-7-15(29)8-5-13)27-24(20(19)22(28)31)16-12-14(25)6-9-17(16)26-23(24)32/h4-9,12,18-20,27,29H,2-3,10-11H2,1H3,(H,26,32)/t18-,19+,20+,24-/m1/s1. The maximum Gasteiger partial charge on any atom is 0.250 e. The fourth-order valence-electron chi connectivity index (χ4n) is 5.43. The molecule has 0 aromatic heterocycles. The zero-order valence-corrected chi connectivity index (χ0v) is 18.4. The van der Waals surface area contributed by atoms with Crippen LogP contribution < -0.4 is 10.6 Å². The lowest BCUT2D eigenvalue weighted by Gasteiger charge is -2.29. The number of anilines is 1. The molecule has 0 radical (unpaired) electrons. The van der Waals surface area contributed by atoms with Crippen LogP contribution in [-0.2, 0) is 26.3 Å². The van der Waals surface area contributed by atoms with Gasteiger partial charge in [-0.25, -0.2) is 0 Å². The van der Waals surface area contributed by atoms with Crippen LogP contribution in [0.2, 0.25) is 5.02 Å². The molecule has 0 bridgehead atoms. The molecule has 3 aliphatic heterocycles. The highest BCUT2D eigenvalue weighted by Gasteiger charge is 2.70. The Kier molecular flexibility index (Phi) is 4.98. The predicted octanol–water partition coefficient (Wildman–Crippen LogP) is 2.81. The van der Waals surface area contributed by atoms with E-state index in [-0.39, 0.29) is 23.5 Å². The van der Waals surface area contributed by atoms with Crippen LogP contribution in [0, 0.1) is 11.8 Å². The smallest absolute Gasteiger partial charge is 0.250 e. The van der Waals surface area contributed by atoms with Gasteiger partial charge in [0, 0.05) is 28.9 Å². The van der Waals surface area contributed by atoms with Gasteiger partial charge >= 0.3 is 0 Å². The summed E-state index contributed by atoms with van der Waals surface area (Å²) >= 11 is 6.27. The molecule has 2 saturated heterocycles. The summed E-state index contributed by atoms with van der Waals surface area (Å²) in [4.78, 5) is 41.7. The van der Waals surface area contributed by atoms with Gasteiger partial charge in [0.2, 0.25) is 17.7 Å². The fourth-order valence-corrected chi connectivity index (χ4v) is 5.60. The lowest BCUT2D eigenvalue weighted by Crippen LogP contribution is -2.53. The number of rotatable bonds is 5. The van der Waals surface area contributed by atoms with Crippen LogP contribution in [0.4, 0.5) is 5.69 Å². The van der Waals surface area contributed by atoms with Crippen molar-refractivity contribution < 1.29 is 19.5 Å². The summed E-state index contributed by atoms with van der Waals surface area (Å²) in [7, 11) is 0. The molecule has 3 aliphatic rings. The SMILES string of the molecule is CCCCN1C(=O)[C@@H]2[C@@H](C1=O)[C@@]1(N[C@@H]2Cc2ccc(O)cc2)C(=O)Nc2ccc(Cl)cc21. The summed E-state index contributed by atoms with van der Waals surface area (Å²) in [6.45, 7) is 2.36. The Hall–Kier alpha value is -2.90. The van der Waals surface area contributed by atoms with Crippen molar-refractivity contribution >= 4 is 35.0 Å². The maximum atomic E-state index is 13.6.